The summed E-state index contributed by atoms with van der Waals surface area (Å²) in [7, 11) is 0. The summed E-state index contributed by atoms with van der Waals surface area (Å²) in [5.74, 6) is 1.12. The van der Waals surface area contributed by atoms with Crippen LogP contribution in [-0.4, -0.2) is 41.0 Å². The largest absolute Gasteiger partial charge is 0.355 e. The molecule has 1 atom stereocenters. The number of nitrogens with one attached hydrogen (secondary N) is 1. The summed E-state index contributed by atoms with van der Waals surface area (Å²) in [4.78, 5) is 25.0. The summed E-state index contributed by atoms with van der Waals surface area (Å²) in [5, 5.41) is 6.42. The Kier molecular flexibility index (Phi) is 5.99. The molecule has 1 saturated carbocycles. The van der Waals surface area contributed by atoms with E-state index in [1.807, 2.05) is 5.38 Å². The Bertz CT molecular complexity index is 761. The van der Waals surface area contributed by atoms with Crippen LogP contribution in [0.2, 0.25) is 0 Å². The fourth-order valence-corrected chi connectivity index (χ4v) is 4.94. The predicted octanol–water partition coefficient (Wildman–Crippen LogP) is 2.72. The maximum absolute atomic E-state index is 12.9. The fourth-order valence-electron chi connectivity index (χ4n) is 4.21. The van der Waals surface area contributed by atoms with Gasteiger partial charge < -0.3 is 16.0 Å². The molecule has 26 heavy (non-hydrogen) atoms. The van der Waals surface area contributed by atoms with Gasteiger partial charge in [0.25, 0.3) is 0 Å². The van der Waals surface area contributed by atoms with Crippen molar-refractivity contribution in [3.05, 3.63) is 17.8 Å². The summed E-state index contributed by atoms with van der Waals surface area (Å²) in [6, 6.07) is 2.07. The van der Waals surface area contributed by atoms with Crippen molar-refractivity contribution in [2.45, 2.75) is 44.1 Å². The molecule has 0 bridgehead atoms. The third kappa shape index (κ3) is 3.66. The highest BCUT2D eigenvalue weighted by Crippen LogP contribution is 2.32. The molecule has 4 rings (SSSR count). The van der Waals surface area contributed by atoms with Crippen molar-refractivity contribution in [2.24, 2.45) is 11.7 Å². The highest BCUT2D eigenvalue weighted by molar-refractivity contribution is 7.16. The smallest absolute Gasteiger partial charge is 0.225 e. The van der Waals surface area contributed by atoms with E-state index in [1.165, 1.54) is 0 Å². The lowest BCUT2D eigenvalue weighted by molar-refractivity contribution is -0.127. The van der Waals surface area contributed by atoms with Gasteiger partial charge in [-0.15, -0.1) is 23.7 Å². The van der Waals surface area contributed by atoms with Gasteiger partial charge in [-0.2, -0.15) is 0 Å². The third-order valence-electron chi connectivity index (χ3n) is 5.67. The molecule has 8 heteroatoms. The zero-order valence-electron chi connectivity index (χ0n) is 14.8. The maximum atomic E-state index is 12.9. The van der Waals surface area contributed by atoms with E-state index >= 15 is 0 Å². The normalized spacial score (nSPS) is 22.2. The molecule has 1 aliphatic carbocycles. The first-order valence-electron chi connectivity index (χ1n) is 9.16. The summed E-state index contributed by atoms with van der Waals surface area (Å²) in [6.45, 7) is 2.19. The number of hydrogen-bond donors (Lipinski definition) is 2. The number of carbonyl (C=O) groups excluding carboxylic acids is 1. The van der Waals surface area contributed by atoms with Gasteiger partial charge in [0.15, 0.2) is 0 Å². The minimum atomic E-state index is -0.172. The summed E-state index contributed by atoms with van der Waals surface area (Å²) in [5.41, 5.74) is 5.80. The zero-order valence-corrected chi connectivity index (χ0v) is 16.5. The van der Waals surface area contributed by atoms with Gasteiger partial charge in [-0.05, 0) is 37.1 Å². The molecular formula is C18H26ClN5OS. The van der Waals surface area contributed by atoms with Crippen molar-refractivity contribution in [2.75, 3.05) is 24.5 Å². The van der Waals surface area contributed by atoms with E-state index in [1.54, 1.807) is 17.7 Å². The maximum Gasteiger partial charge on any atom is 0.225 e. The number of piperidine rings is 1. The van der Waals surface area contributed by atoms with Crippen LogP contribution in [0, 0.1) is 5.92 Å². The molecule has 3 heterocycles. The van der Waals surface area contributed by atoms with Crippen LogP contribution >= 0.6 is 23.7 Å². The number of thiophene rings is 1. The van der Waals surface area contributed by atoms with Crippen molar-refractivity contribution in [3.8, 4) is 0 Å². The Morgan fingerprint density at radius 1 is 1.35 bits per heavy atom. The molecule has 1 saturated heterocycles. The lowest BCUT2D eigenvalue weighted by Crippen LogP contribution is -2.55. The van der Waals surface area contributed by atoms with Gasteiger partial charge in [-0.25, -0.2) is 9.97 Å². The quantitative estimate of drug-likeness (QED) is 0.831. The van der Waals surface area contributed by atoms with Crippen molar-refractivity contribution in [1.82, 2.24) is 15.3 Å². The molecule has 2 aromatic rings. The number of carbonyl (C=O) groups is 1. The van der Waals surface area contributed by atoms with E-state index in [-0.39, 0.29) is 29.8 Å². The number of anilines is 1. The molecule has 142 valence electrons. The van der Waals surface area contributed by atoms with E-state index in [2.05, 4.69) is 26.3 Å². The standard InChI is InChI=1S/C18H25N5OS.ClH/c19-11-18(6-1-2-7-18)22-16(24)13-4-3-8-23(10-13)15-14-5-9-25-17(14)21-12-20-15;/h5,9,12-13H,1-4,6-8,10-11,19H2,(H,22,24);1H. The SMILES string of the molecule is Cl.NCC1(NC(=O)C2CCCN(c3ncnc4sccc34)C2)CCCC1. The van der Waals surface area contributed by atoms with Gasteiger partial charge in [0, 0.05) is 19.6 Å². The molecule has 6 nitrogen and oxygen atoms in total. The van der Waals surface area contributed by atoms with E-state index in [4.69, 9.17) is 5.73 Å². The fraction of sp³-hybridized carbons (Fsp3) is 0.611. The molecule has 1 unspecified atom stereocenters. The Morgan fingerprint density at radius 3 is 2.92 bits per heavy atom. The van der Waals surface area contributed by atoms with Crippen LogP contribution in [-0.2, 0) is 4.79 Å². The van der Waals surface area contributed by atoms with Crippen LogP contribution in [0.5, 0.6) is 0 Å². The molecule has 2 fully saturated rings. The Balaban J connectivity index is 0.00000196. The summed E-state index contributed by atoms with van der Waals surface area (Å²) < 4.78 is 0. The lowest BCUT2D eigenvalue weighted by atomic mass is 9.92. The number of nitrogens with two attached hydrogens (primary N) is 1. The summed E-state index contributed by atoms with van der Waals surface area (Å²) >= 11 is 1.63. The number of fused-ring (bicyclic) bond motifs is 1. The van der Waals surface area contributed by atoms with Crippen LogP contribution in [0.3, 0.4) is 0 Å². The Morgan fingerprint density at radius 2 is 2.15 bits per heavy atom. The van der Waals surface area contributed by atoms with Crippen LogP contribution in [0.1, 0.15) is 38.5 Å². The number of nitrogens with zero attached hydrogens (tertiary/aromatic N) is 3. The number of aromatic nitrogens is 2. The predicted molar refractivity (Wildman–Crippen MR) is 108 cm³/mol. The molecule has 2 aliphatic rings. The third-order valence-corrected chi connectivity index (χ3v) is 6.49. The van der Waals surface area contributed by atoms with Crippen LogP contribution in [0.4, 0.5) is 5.82 Å². The first-order valence-corrected chi connectivity index (χ1v) is 10.0. The second-order valence-electron chi connectivity index (χ2n) is 7.30. The molecule has 1 aliphatic heterocycles. The monoisotopic (exact) mass is 395 g/mol. The van der Waals surface area contributed by atoms with E-state index in [9.17, 15) is 4.79 Å². The molecular weight excluding hydrogens is 370 g/mol. The van der Waals surface area contributed by atoms with Crippen molar-refractivity contribution in [3.63, 3.8) is 0 Å². The topological polar surface area (TPSA) is 84.1 Å². The van der Waals surface area contributed by atoms with Crippen LogP contribution in [0.25, 0.3) is 10.2 Å². The van der Waals surface area contributed by atoms with E-state index < -0.39 is 0 Å². The minimum absolute atomic E-state index is 0. The Labute approximate surface area is 164 Å². The van der Waals surface area contributed by atoms with Gasteiger partial charge in [-0.3, -0.25) is 4.79 Å². The van der Waals surface area contributed by atoms with Gasteiger partial charge in [-0.1, -0.05) is 12.8 Å². The first-order chi connectivity index (χ1) is 12.2. The van der Waals surface area contributed by atoms with Crippen molar-refractivity contribution >= 4 is 45.7 Å². The lowest BCUT2D eigenvalue weighted by Gasteiger charge is -2.36. The van der Waals surface area contributed by atoms with Crippen molar-refractivity contribution < 1.29 is 4.79 Å². The molecule has 0 aromatic carbocycles. The number of amides is 1. The molecule has 2 aromatic heterocycles. The van der Waals surface area contributed by atoms with Gasteiger partial charge in [0.05, 0.1) is 16.8 Å². The first kappa shape index (κ1) is 19.3. The zero-order chi connectivity index (χ0) is 17.3. The molecule has 0 radical (unpaired) electrons. The second kappa shape index (κ2) is 8.06. The molecule has 1 amide bonds. The van der Waals surface area contributed by atoms with E-state index in [0.717, 1.165) is 61.1 Å². The highest BCUT2D eigenvalue weighted by Gasteiger charge is 2.37. The minimum Gasteiger partial charge on any atom is -0.355 e. The Hall–Kier alpha value is -1.44. The number of rotatable bonds is 4. The van der Waals surface area contributed by atoms with Gasteiger partial charge in [0.2, 0.25) is 5.91 Å². The van der Waals surface area contributed by atoms with Crippen molar-refractivity contribution in [1.29, 1.82) is 0 Å². The molecule has 0 spiro atoms. The van der Waals surface area contributed by atoms with Gasteiger partial charge in [0.1, 0.15) is 17.0 Å². The number of hydrogen-bond acceptors (Lipinski definition) is 6. The van der Waals surface area contributed by atoms with Crippen LogP contribution < -0.4 is 16.0 Å². The number of halogens is 1. The van der Waals surface area contributed by atoms with E-state index in [0.29, 0.717) is 13.1 Å². The highest BCUT2D eigenvalue weighted by atomic mass is 35.5. The average molecular weight is 396 g/mol. The summed E-state index contributed by atoms with van der Waals surface area (Å²) in [6.07, 6.45) is 7.89. The molecule has 3 N–H and O–H groups in total. The second-order valence-corrected chi connectivity index (χ2v) is 8.20. The van der Waals surface area contributed by atoms with Crippen LogP contribution in [0.15, 0.2) is 17.8 Å². The van der Waals surface area contributed by atoms with Gasteiger partial charge >= 0.3 is 0 Å². The average Bonchev–Trinajstić information content (AvgIpc) is 3.31.